The van der Waals surface area contributed by atoms with Crippen molar-refractivity contribution in [3.63, 3.8) is 0 Å². The summed E-state index contributed by atoms with van der Waals surface area (Å²) in [5, 5.41) is 12.3. The van der Waals surface area contributed by atoms with Gasteiger partial charge in [-0.05, 0) is 29.8 Å². The Balaban J connectivity index is 1.73. The number of ether oxygens (including phenoxy) is 2. The van der Waals surface area contributed by atoms with E-state index in [0.717, 1.165) is 11.1 Å². The van der Waals surface area contributed by atoms with Gasteiger partial charge in [-0.2, -0.15) is 18.4 Å². The molecule has 0 amide bonds. The van der Waals surface area contributed by atoms with Crippen LogP contribution in [0, 0.1) is 11.3 Å². The summed E-state index contributed by atoms with van der Waals surface area (Å²) in [5.41, 5.74) is 2.56. The molecular formula is C26H18F3N3O2. The van der Waals surface area contributed by atoms with Gasteiger partial charge in [0.05, 0.1) is 18.7 Å². The molecule has 0 bridgehead atoms. The molecule has 1 aliphatic carbocycles. The van der Waals surface area contributed by atoms with Gasteiger partial charge in [-0.3, -0.25) is 0 Å². The molecule has 0 fully saturated rings. The molecular weight excluding hydrogens is 443 g/mol. The minimum Gasteiger partial charge on any atom is -0.497 e. The van der Waals surface area contributed by atoms with Crippen molar-refractivity contribution < 1.29 is 22.6 Å². The number of alkyl halides is 3. The number of nitrogens with zero attached hydrogens (tertiary/aromatic N) is 2. The average Bonchev–Trinajstić information content (AvgIpc) is 3.38. The lowest BCUT2D eigenvalue weighted by molar-refractivity contribution is -0.115. The molecule has 1 N–H and O–H groups in total. The minimum absolute atomic E-state index is 0.0154. The summed E-state index contributed by atoms with van der Waals surface area (Å²) >= 11 is 0. The van der Waals surface area contributed by atoms with Crippen LogP contribution in [-0.2, 0) is 5.60 Å². The number of pyridine rings is 1. The molecule has 170 valence electrons. The molecule has 2 aromatic carbocycles. The number of hydrogen-bond donors (Lipinski definition) is 1. The molecule has 5 rings (SSSR count). The summed E-state index contributed by atoms with van der Waals surface area (Å²) in [5.74, 6) is 0.708. The minimum atomic E-state index is -4.42. The highest BCUT2D eigenvalue weighted by Crippen LogP contribution is 2.61. The molecule has 8 heteroatoms. The third-order valence-corrected chi connectivity index (χ3v) is 5.89. The lowest BCUT2D eigenvalue weighted by Crippen LogP contribution is -2.32. The van der Waals surface area contributed by atoms with E-state index in [2.05, 4.69) is 16.4 Å². The molecule has 2 aliphatic rings. The van der Waals surface area contributed by atoms with E-state index < -0.39 is 18.3 Å². The van der Waals surface area contributed by atoms with Gasteiger partial charge in [-0.1, -0.05) is 42.5 Å². The highest BCUT2D eigenvalue weighted by Gasteiger charge is 2.53. The molecule has 3 aromatic rings. The molecule has 1 aliphatic heterocycles. The van der Waals surface area contributed by atoms with Crippen LogP contribution in [0.2, 0.25) is 0 Å². The van der Waals surface area contributed by atoms with E-state index in [1.54, 1.807) is 24.3 Å². The van der Waals surface area contributed by atoms with Crippen LogP contribution < -0.4 is 14.8 Å². The number of nitrogens with one attached hydrogen (secondary N) is 1. The molecule has 0 radical (unpaired) electrons. The lowest BCUT2D eigenvalue weighted by atomic mass is 9.77. The molecule has 0 saturated carbocycles. The largest absolute Gasteiger partial charge is 0.497 e. The Kier molecular flexibility index (Phi) is 5.05. The Bertz CT molecular complexity index is 1370. The first-order chi connectivity index (χ1) is 16.4. The first-order valence-electron chi connectivity index (χ1n) is 10.4. The maximum Gasteiger partial charge on any atom is 0.405 e. The second-order valence-electron chi connectivity index (χ2n) is 7.84. The van der Waals surface area contributed by atoms with E-state index in [-0.39, 0.29) is 11.6 Å². The highest BCUT2D eigenvalue weighted by molar-refractivity contribution is 6.02. The Morgan fingerprint density at radius 2 is 1.85 bits per heavy atom. The molecule has 1 unspecified atom stereocenters. The van der Waals surface area contributed by atoms with Gasteiger partial charge < -0.3 is 14.8 Å². The van der Waals surface area contributed by atoms with Crippen molar-refractivity contribution in [2.45, 2.75) is 11.8 Å². The van der Waals surface area contributed by atoms with Gasteiger partial charge in [0, 0.05) is 28.5 Å². The zero-order valence-corrected chi connectivity index (χ0v) is 18.0. The van der Waals surface area contributed by atoms with Gasteiger partial charge in [0.1, 0.15) is 12.3 Å². The van der Waals surface area contributed by atoms with Crippen molar-refractivity contribution in [1.82, 2.24) is 4.98 Å². The van der Waals surface area contributed by atoms with Gasteiger partial charge in [-0.25, -0.2) is 4.98 Å². The highest BCUT2D eigenvalue weighted by atomic mass is 19.4. The van der Waals surface area contributed by atoms with Crippen LogP contribution in [0.5, 0.6) is 11.5 Å². The van der Waals surface area contributed by atoms with Gasteiger partial charge >= 0.3 is 6.18 Å². The van der Waals surface area contributed by atoms with Crippen LogP contribution >= 0.6 is 0 Å². The average molecular weight is 461 g/mol. The van der Waals surface area contributed by atoms with Crippen LogP contribution in [0.15, 0.2) is 72.9 Å². The van der Waals surface area contributed by atoms with E-state index in [1.807, 2.05) is 42.5 Å². The summed E-state index contributed by atoms with van der Waals surface area (Å²) in [6.07, 6.45) is 0.806. The van der Waals surface area contributed by atoms with Gasteiger partial charge in [0.25, 0.3) is 0 Å². The van der Waals surface area contributed by atoms with Gasteiger partial charge in [0.2, 0.25) is 0 Å². The molecule has 2 heterocycles. The number of methoxy groups -OCH3 is 1. The number of rotatable bonds is 5. The van der Waals surface area contributed by atoms with E-state index in [0.29, 0.717) is 28.0 Å². The zero-order chi connectivity index (χ0) is 23.9. The first kappa shape index (κ1) is 21.6. The second-order valence-corrected chi connectivity index (χ2v) is 7.84. The number of anilines is 1. The van der Waals surface area contributed by atoms with Crippen molar-refractivity contribution in [2.75, 3.05) is 19.0 Å². The fourth-order valence-electron chi connectivity index (χ4n) is 4.46. The predicted molar refractivity (Wildman–Crippen MR) is 121 cm³/mol. The van der Waals surface area contributed by atoms with Crippen molar-refractivity contribution in [1.29, 1.82) is 5.26 Å². The third kappa shape index (κ3) is 3.37. The fourth-order valence-corrected chi connectivity index (χ4v) is 4.46. The Morgan fingerprint density at radius 1 is 1.09 bits per heavy atom. The van der Waals surface area contributed by atoms with Gasteiger partial charge in [-0.15, -0.1) is 0 Å². The van der Waals surface area contributed by atoms with E-state index in [1.165, 1.54) is 13.3 Å². The first-order valence-corrected chi connectivity index (χ1v) is 10.4. The van der Waals surface area contributed by atoms with Crippen molar-refractivity contribution >= 4 is 17.0 Å². The van der Waals surface area contributed by atoms with Crippen molar-refractivity contribution in [3.05, 3.63) is 95.2 Å². The number of aromatic nitrogens is 1. The quantitative estimate of drug-likeness (QED) is 0.528. The van der Waals surface area contributed by atoms with Crippen molar-refractivity contribution in [3.8, 4) is 17.6 Å². The number of allylic oxidation sites excluding steroid dienone is 2. The summed E-state index contributed by atoms with van der Waals surface area (Å²) in [7, 11) is 1.52. The van der Waals surface area contributed by atoms with Crippen LogP contribution in [0.1, 0.15) is 22.3 Å². The number of nitriles is 1. The molecule has 1 atom stereocenters. The van der Waals surface area contributed by atoms with Crippen LogP contribution in [0.3, 0.4) is 0 Å². The Hall–Kier alpha value is -4.25. The maximum absolute atomic E-state index is 12.9. The molecule has 5 nitrogen and oxygen atoms in total. The number of fused-ring (bicyclic) bond motifs is 3. The second kappa shape index (κ2) is 7.96. The van der Waals surface area contributed by atoms with E-state index in [4.69, 9.17) is 9.47 Å². The number of halogens is 3. The summed E-state index contributed by atoms with van der Waals surface area (Å²) in [4.78, 5) is 4.11. The molecule has 0 spiro atoms. The fraction of sp³-hybridized carbons (Fsp3) is 0.154. The summed E-state index contributed by atoms with van der Waals surface area (Å²) < 4.78 is 50.8. The standard InChI is InChI=1S/C26H18F3N3O2/c1-33-18-8-7-17(14-30)22(13-18)26-20(16-5-3-2-4-6-16)9-10-21(26)19-11-12-31-24(23(19)34-26)32-15-25(27,28)29/h2-13H,15H2,1H3,(H,31,32). The summed E-state index contributed by atoms with van der Waals surface area (Å²) in [6.45, 7) is -1.25. The normalized spacial score (nSPS) is 18.2. The van der Waals surface area contributed by atoms with Crippen LogP contribution in [0.4, 0.5) is 19.0 Å². The number of hydrogen-bond acceptors (Lipinski definition) is 5. The molecule has 0 saturated heterocycles. The predicted octanol–water partition coefficient (Wildman–Crippen LogP) is 5.70. The van der Waals surface area contributed by atoms with Crippen LogP contribution in [0.25, 0.3) is 11.1 Å². The zero-order valence-electron chi connectivity index (χ0n) is 18.0. The number of benzene rings is 2. The summed E-state index contributed by atoms with van der Waals surface area (Å²) in [6, 6.07) is 18.5. The topological polar surface area (TPSA) is 67.2 Å². The molecule has 1 aromatic heterocycles. The Morgan fingerprint density at radius 3 is 2.56 bits per heavy atom. The molecule has 34 heavy (non-hydrogen) atoms. The van der Waals surface area contributed by atoms with E-state index in [9.17, 15) is 18.4 Å². The third-order valence-electron chi connectivity index (χ3n) is 5.89. The van der Waals surface area contributed by atoms with Crippen molar-refractivity contribution in [2.24, 2.45) is 0 Å². The SMILES string of the molecule is COc1ccc(C#N)c(C23Oc4c(ccnc4NCC(F)(F)F)C2=CC=C3c2ccccc2)c1. The van der Waals surface area contributed by atoms with E-state index >= 15 is 0 Å². The smallest absolute Gasteiger partial charge is 0.405 e. The van der Waals surface area contributed by atoms with Crippen LogP contribution in [-0.4, -0.2) is 24.8 Å². The monoisotopic (exact) mass is 461 g/mol. The Labute approximate surface area is 193 Å². The maximum atomic E-state index is 12.9. The lowest BCUT2D eigenvalue weighted by Gasteiger charge is -2.32. The van der Waals surface area contributed by atoms with Gasteiger partial charge in [0.15, 0.2) is 17.2 Å².